The van der Waals surface area contributed by atoms with Gasteiger partial charge in [0.25, 0.3) is 0 Å². The fourth-order valence-electron chi connectivity index (χ4n) is 9.48. The van der Waals surface area contributed by atoms with Crippen molar-refractivity contribution in [2.24, 2.45) is 0 Å². The van der Waals surface area contributed by atoms with E-state index in [9.17, 15) is 0 Å². The van der Waals surface area contributed by atoms with E-state index < -0.39 is 0 Å². The first-order valence-electron chi connectivity index (χ1n) is 25.2. The average molecular weight is 1120 g/mol. The molecule has 0 bridgehead atoms. The molecule has 0 unspecified atom stereocenters. The van der Waals surface area contributed by atoms with Crippen molar-refractivity contribution in [3.05, 3.63) is 258 Å². The van der Waals surface area contributed by atoms with Gasteiger partial charge in [0.05, 0.1) is 0 Å². The van der Waals surface area contributed by atoms with Gasteiger partial charge in [0.2, 0.25) is 0 Å². The Bertz CT molecular complexity index is 3320. The Labute approximate surface area is 446 Å². The second-order valence-electron chi connectivity index (χ2n) is 21.0. The maximum Gasteiger partial charge on any atom is 3.00 e. The summed E-state index contributed by atoms with van der Waals surface area (Å²) in [5.74, 6) is 0. The third-order valence-electron chi connectivity index (χ3n) is 13.7. The van der Waals surface area contributed by atoms with Crippen LogP contribution in [-0.2, 0) is 56.6 Å². The molecule has 7 aromatic carbocycles. The van der Waals surface area contributed by atoms with E-state index in [1.54, 1.807) is 0 Å². The van der Waals surface area contributed by atoms with Gasteiger partial charge in [0.1, 0.15) is 0 Å². The molecule has 10 aromatic rings. The summed E-state index contributed by atoms with van der Waals surface area (Å²) in [4.78, 5) is 14.1. The third kappa shape index (κ3) is 12.1. The molecule has 10 rings (SSSR count). The second kappa shape index (κ2) is 22.2. The molecule has 3 nitrogen and oxygen atoms in total. The minimum absolute atomic E-state index is 0. The number of hydrogen-bond acceptors (Lipinski definition) is 3. The summed E-state index contributed by atoms with van der Waals surface area (Å²) in [5.41, 5.74) is 22.9. The van der Waals surface area contributed by atoms with E-state index >= 15 is 0 Å². The number of rotatable bonds is 13. The molecule has 0 aliphatic rings. The van der Waals surface area contributed by atoms with E-state index in [4.69, 9.17) is 15.0 Å². The number of pyridine rings is 3. The molecule has 0 aliphatic heterocycles. The van der Waals surface area contributed by atoms with Crippen LogP contribution in [0.25, 0.3) is 78.3 Å². The van der Waals surface area contributed by atoms with Crippen LogP contribution >= 0.6 is 0 Å². The molecule has 0 spiro atoms. The van der Waals surface area contributed by atoms with Crippen LogP contribution in [-0.4, -0.2) is 15.0 Å². The van der Waals surface area contributed by atoms with Gasteiger partial charge >= 0.3 is 20.1 Å². The van der Waals surface area contributed by atoms with Gasteiger partial charge in [0.15, 0.2) is 0 Å². The predicted octanol–water partition coefficient (Wildman–Crippen LogP) is 17.1. The van der Waals surface area contributed by atoms with Crippen molar-refractivity contribution in [3.8, 4) is 78.3 Å². The Kier molecular flexibility index (Phi) is 15.4. The number of benzene rings is 7. The van der Waals surface area contributed by atoms with Crippen molar-refractivity contribution < 1.29 is 20.1 Å². The number of nitrogens with zero attached hydrogens (tertiary/aromatic N) is 3. The molecule has 0 N–H and O–H groups in total. The average Bonchev–Trinajstić information content (AvgIpc) is 3.42. The van der Waals surface area contributed by atoms with Crippen LogP contribution in [0.3, 0.4) is 0 Å². The molecule has 0 fully saturated rings. The molecule has 3 aromatic heterocycles. The summed E-state index contributed by atoms with van der Waals surface area (Å²) in [6.45, 7) is 13.4. The summed E-state index contributed by atoms with van der Waals surface area (Å²) >= 11 is 0. The Hall–Kier alpha value is -7.36. The van der Waals surface area contributed by atoms with E-state index in [1.165, 1.54) is 55.6 Å². The predicted molar refractivity (Wildman–Crippen MR) is 299 cm³/mol. The monoisotopic (exact) mass is 1120 g/mol. The second-order valence-corrected chi connectivity index (χ2v) is 21.0. The molecular formula is C69H60IrN3. The smallest absolute Gasteiger partial charge is 0.305 e. The van der Waals surface area contributed by atoms with Crippen LogP contribution in [0.5, 0.6) is 0 Å². The third-order valence-corrected chi connectivity index (χ3v) is 13.7. The van der Waals surface area contributed by atoms with E-state index in [0.29, 0.717) is 0 Å². The topological polar surface area (TPSA) is 38.7 Å². The zero-order valence-corrected chi connectivity index (χ0v) is 45.0. The summed E-state index contributed by atoms with van der Waals surface area (Å²) in [7, 11) is 0. The fraction of sp³-hybridized carbons (Fsp3) is 0.174. The van der Waals surface area contributed by atoms with Crippen LogP contribution in [0.15, 0.2) is 207 Å². The zero-order chi connectivity index (χ0) is 49.7. The quantitative estimate of drug-likeness (QED) is 0.108. The molecule has 0 atom stereocenters. The molecule has 73 heavy (non-hydrogen) atoms. The first-order valence-corrected chi connectivity index (χ1v) is 25.2. The summed E-state index contributed by atoms with van der Waals surface area (Å²) in [5, 5.41) is 0. The van der Waals surface area contributed by atoms with E-state index in [0.717, 1.165) is 81.7 Å². The van der Waals surface area contributed by atoms with E-state index in [1.807, 2.05) is 30.7 Å². The van der Waals surface area contributed by atoms with E-state index in [-0.39, 0.29) is 30.9 Å². The Morgan fingerprint density at radius 3 is 1.36 bits per heavy atom. The van der Waals surface area contributed by atoms with Crippen molar-refractivity contribution in [2.45, 2.75) is 78.1 Å². The zero-order valence-electron chi connectivity index (χ0n) is 42.6. The van der Waals surface area contributed by atoms with Gasteiger partial charge in [-0.15, -0.1) is 94.5 Å². The van der Waals surface area contributed by atoms with Crippen LogP contribution in [0.2, 0.25) is 0 Å². The Balaban J connectivity index is 0.00000656. The van der Waals surface area contributed by atoms with Gasteiger partial charge in [0, 0.05) is 18.6 Å². The van der Waals surface area contributed by atoms with Crippen LogP contribution in [0.4, 0.5) is 0 Å². The van der Waals surface area contributed by atoms with Gasteiger partial charge in [-0.3, -0.25) is 0 Å². The number of hydrogen-bond donors (Lipinski definition) is 0. The van der Waals surface area contributed by atoms with Gasteiger partial charge in [-0.25, -0.2) is 0 Å². The van der Waals surface area contributed by atoms with Crippen molar-refractivity contribution in [2.75, 3.05) is 0 Å². The maximum atomic E-state index is 4.72. The molecule has 4 heteroatoms. The molecule has 0 amide bonds. The van der Waals surface area contributed by atoms with E-state index in [2.05, 4.69) is 236 Å². The first kappa shape index (κ1) is 50.6. The fourth-order valence-corrected chi connectivity index (χ4v) is 9.48. The van der Waals surface area contributed by atoms with Crippen molar-refractivity contribution >= 4 is 0 Å². The maximum absolute atomic E-state index is 4.72. The van der Waals surface area contributed by atoms with Crippen LogP contribution in [0, 0.1) is 18.2 Å². The number of aromatic nitrogens is 3. The Morgan fingerprint density at radius 2 is 0.822 bits per heavy atom. The van der Waals surface area contributed by atoms with Gasteiger partial charge in [-0.05, 0) is 109 Å². The molecule has 0 saturated carbocycles. The van der Waals surface area contributed by atoms with Crippen LogP contribution in [0.1, 0.15) is 74.9 Å². The molecule has 0 aliphatic carbocycles. The van der Waals surface area contributed by atoms with Gasteiger partial charge in [-0.1, -0.05) is 192 Å². The minimum atomic E-state index is 0. The standard InChI is InChI=1S/C69H60N3.Ir/c1-68(2,3)59-37-40-71-66(46-59)55-27-23-48(24-28-55)19-21-50-42-51(22-20-49-25-29-56(30-26-49)67-47-60(38-41-72-67)69(4,5)6)44-58(43-50)61-16-10-11-17-62(61)63-36-35-57(65-18-12-13-39-70-65)45-64(63)54-33-31-53(32-34-54)52-14-8-7-9-15-52;/h7-18,23-27,29,31-34,36-47H,19-22H2,1-6H3;/q-3;+3. The van der Waals surface area contributed by atoms with Crippen LogP contribution < -0.4 is 0 Å². The van der Waals surface area contributed by atoms with Crippen molar-refractivity contribution in [1.82, 2.24) is 15.0 Å². The Morgan fingerprint density at radius 1 is 0.329 bits per heavy atom. The van der Waals surface area contributed by atoms with Gasteiger partial charge < -0.3 is 15.0 Å². The SMILES string of the molecule is CC(C)(C)c1ccnc(-c2[c-]cc(CCc3cc(CCc4c[c-]c(-c5cc(C(C)(C)C)ccn5)cc4)cc(-c4ccccc4-c4c[c-]c(-c5ccccn5)cc4-c4ccc(-c5ccccc5)cc4)c3)cc2)c1.[Ir+3]. The molecule has 0 saturated heterocycles. The normalized spacial score (nSPS) is 11.5. The largest absolute Gasteiger partial charge is 3.00 e. The molecule has 3 heterocycles. The van der Waals surface area contributed by atoms with Gasteiger partial charge in [-0.2, -0.15) is 0 Å². The van der Waals surface area contributed by atoms with Crippen molar-refractivity contribution in [1.29, 1.82) is 0 Å². The summed E-state index contributed by atoms with van der Waals surface area (Å²) in [6, 6.07) is 78.6. The summed E-state index contributed by atoms with van der Waals surface area (Å²) < 4.78 is 0. The van der Waals surface area contributed by atoms with Crippen molar-refractivity contribution in [3.63, 3.8) is 0 Å². The molecule has 360 valence electrons. The molecular weight excluding hydrogens is 1060 g/mol. The molecule has 0 radical (unpaired) electrons. The number of aryl methyl sites for hydroxylation is 4. The summed E-state index contributed by atoms with van der Waals surface area (Å²) in [6.07, 6.45) is 9.25. The minimum Gasteiger partial charge on any atom is -0.305 e. The first-order chi connectivity index (χ1) is 34.9.